The van der Waals surface area contributed by atoms with Gasteiger partial charge in [-0.15, -0.1) is 11.8 Å². The maximum atomic E-state index is 11.8. The molecule has 0 aromatic heterocycles. The molecule has 0 radical (unpaired) electrons. The number of carbonyl (C=O) groups excluding carboxylic acids is 1. The minimum atomic E-state index is -0.167. The second kappa shape index (κ2) is 10.4. The predicted molar refractivity (Wildman–Crippen MR) is 111 cm³/mol. The highest BCUT2D eigenvalue weighted by Gasteiger charge is 2.09. The molecule has 0 unspecified atom stereocenters. The van der Waals surface area contributed by atoms with E-state index in [2.05, 4.69) is 26.5 Å². The number of amides is 1. The second-order valence-electron chi connectivity index (χ2n) is 5.15. The molecule has 1 N–H and O–H groups in total. The smallest absolute Gasteiger partial charge is 0.250 e. The van der Waals surface area contributed by atoms with E-state index >= 15 is 0 Å². The van der Waals surface area contributed by atoms with Crippen molar-refractivity contribution in [1.29, 1.82) is 0 Å². The molecule has 0 bridgehead atoms. The summed E-state index contributed by atoms with van der Waals surface area (Å²) >= 11 is 10.8. The first-order chi connectivity index (χ1) is 12.5. The Kier molecular flexibility index (Phi) is 8.28. The van der Waals surface area contributed by atoms with E-state index in [0.29, 0.717) is 22.3 Å². The topological polar surface area (TPSA) is 59.9 Å². The number of hydrogen-bond donors (Lipinski definition) is 1. The summed E-state index contributed by atoms with van der Waals surface area (Å²) in [6.45, 7) is 0. The predicted octanol–water partition coefficient (Wildman–Crippen LogP) is 4.50. The van der Waals surface area contributed by atoms with Gasteiger partial charge in [-0.2, -0.15) is 5.10 Å². The number of nitrogens with zero attached hydrogens (tertiary/aromatic N) is 1. The number of carbonyl (C=O) groups is 1. The maximum absolute atomic E-state index is 11.8. The third kappa shape index (κ3) is 6.23. The maximum Gasteiger partial charge on any atom is 0.250 e. The van der Waals surface area contributed by atoms with Crippen LogP contribution in [0.4, 0.5) is 0 Å². The average Bonchev–Trinajstić information content (AvgIpc) is 2.63. The number of halogens is 2. The third-order valence-electron chi connectivity index (χ3n) is 3.27. The zero-order valence-electron chi connectivity index (χ0n) is 14.3. The van der Waals surface area contributed by atoms with Crippen molar-refractivity contribution in [2.75, 3.05) is 20.0 Å². The molecule has 0 spiro atoms. The summed E-state index contributed by atoms with van der Waals surface area (Å²) in [4.78, 5) is 11.8. The lowest BCUT2D eigenvalue weighted by molar-refractivity contribution is -0.118. The van der Waals surface area contributed by atoms with Crippen molar-refractivity contribution in [2.45, 2.75) is 5.75 Å². The number of ether oxygens (including phenoxy) is 2. The third-order valence-corrected chi connectivity index (χ3v) is 5.12. The Morgan fingerprint density at radius 2 is 2.00 bits per heavy atom. The lowest BCUT2D eigenvalue weighted by Crippen LogP contribution is -2.19. The summed E-state index contributed by atoms with van der Waals surface area (Å²) < 4.78 is 11.3. The fourth-order valence-electron chi connectivity index (χ4n) is 2.07. The number of hydrazone groups is 1. The molecule has 0 fully saturated rings. The van der Waals surface area contributed by atoms with Gasteiger partial charge in [0.25, 0.3) is 0 Å². The van der Waals surface area contributed by atoms with Crippen LogP contribution >= 0.6 is 39.3 Å². The summed E-state index contributed by atoms with van der Waals surface area (Å²) in [6.07, 6.45) is 1.55. The van der Waals surface area contributed by atoms with Crippen LogP contribution < -0.4 is 14.9 Å². The second-order valence-corrected chi connectivity index (χ2v) is 7.43. The van der Waals surface area contributed by atoms with Gasteiger partial charge in [-0.05, 0) is 51.3 Å². The molecule has 8 heteroatoms. The number of methoxy groups -OCH3 is 2. The van der Waals surface area contributed by atoms with Crippen molar-refractivity contribution in [3.05, 3.63) is 57.0 Å². The van der Waals surface area contributed by atoms with Crippen molar-refractivity contribution in [3.63, 3.8) is 0 Å². The van der Waals surface area contributed by atoms with Crippen LogP contribution in [-0.2, 0) is 10.5 Å². The summed E-state index contributed by atoms with van der Waals surface area (Å²) in [5.41, 5.74) is 4.40. The first-order valence-electron chi connectivity index (χ1n) is 7.59. The van der Waals surface area contributed by atoms with Crippen LogP contribution in [0.1, 0.15) is 11.1 Å². The summed E-state index contributed by atoms with van der Waals surface area (Å²) in [5.74, 6) is 2.06. The van der Waals surface area contributed by atoms with Gasteiger partial charge in [0.1, 0.15) is 0 Å². The summed E-state index contributed by atoms with van der Waals surface area (Å²) in [5, 5.41) is 4.68. The first kappa shape index (κ1) is 20.6. The SMILES string of the molecule is COc1cc(/C=N\NC(=O)CSCc2ccc(Cl)cc2)cc(Br)c1OC. The minimum Gasteiger partial charge on any atom is -0.493 e. The van der Waals surface area contributed by atoms with Gasteiger partial charge in [0, 0.05) is 10.8 Å². The van der Waals surface area contributed by atoms with Crippen LogP contribution in [0, 0.1) is 0 Å². The van der Waals surface area contributed by atoms with Crippen molar-refractivity contribution < 1.29 is 14.3 Å². The molecule has 0 heterocycles. The molecule has 138 valence electrons. The van der Waals surface area contributed by atoms with E-state index in [1.807, 2.05) is 30.3 Å². The molecule has 0 saturated heterocycles. The quantitative estimate of drug-likeness (QED) is 0.468. The first-order valence-corrected chi connectivity index (χ1v) is 9.91. The lowest BCUT2D eigenvalue weighted by atomic mass is 10.2. The van der Waals surface area contributed by atoms with E-state index < -0.39 is 0 Å². The highest BCUT2D eigenvalue weighted by atomic mass is 79.9. The Balaban J connectivity index is 1.83. The zero-order chi connectivity index (χ0) is 18.9. The largest absolute Gasteiger partial charge is 0.493 e. The van der Waals surface area contributed by atoms with E-state index in [4.69, 9.17) is 21.1 Å². The zero-order valence-corrected chi connectivity index (χ0v) is 17.5. The van der Waals surface area contributed by atoms with E-state index in [0.717, 1.165) is 21.4 Å². The van der Waals surface area contributed by atoms with Gasteiger partial charge in [0.15, 0.2) is 11.5 Å². The fraction of sp³-hybridized carbons (Fsp3) is 0.222. The Bertz CT molecular complexity index is 785. The van der Waals surface area contributed by atoms with Gasteiger partial charge in [0.2, 0.25) is 5.91 Å². The van der Waals surface area contributed by atoms with Gasteiger partial charge in [-0.1, -0.05) is 23.7 Å². The van der Waals surface area contributed by atoms with E-state index in [9.17, 15) is 4.79 Å². The molecular formula is C18H18BrClN2O3S. The molecule has 2 aromatic rings. The van der Waals surface area contributed by atoms with Crippen LogP contribution in [0.25, 0.3) is 0 Å². The van der Waals surface area contributed by atoms with Crippen LogP contribution in [0.3, 0.4) is 0 Å². The van der Waals surface area contributed by atoms with Gasteiger partial charge in [0.05, 0.1) is 30.7 Å². The number of rotatable bonds is 8. The minimum absolute atomic E-state index is 0.167. The van der Waals surface area contributed by atoms with Crippen LogP contribution in [-0.4, -0.2) is 32.1 Å². The lowest BCUT2D eigenvalue weighted by Gasteiger charge is -2.10. The van der Waals surface area contributed by atoms with Crippen molar-refractivity contribution in [2.24, 2.45) is 5.10 Å². The molecule has 0 aliphatic rings. The Hall–Kier alpha value is -1.70. The average molecular weight is 458 g/mol. The summed E-state index contributed by atoms with van der Waals surface area (Å²) in [7, 11) is 3.13. The summed E-state index contributed by atoms with van der Waals surface area (Å²) in [6, 6.07) is 11.2. The Morgan fingerprint density at radius 3 is 2.65 bits per heavy atom. The van der Waals surface area contributed by atoms with Gasteiger partial charge >= 0.3 is 0 Å². The van der Waals surface area contributed by atoms with Gasteiger partial charge in [-0.25, -0.2) is 5.43 Å². The molecule has 0 aliphatic heterocycles. The monoisotopic (exact) mass is 456 g/mol. The van der Waals surface area contributed by atoms with Crippen molar-refractivity contribution >= 4 is 51.4 Å². The molecule has 26 heavy (non-hydrogen) atoms. The number of nitrogens with one attached hydrogen (secondary N) is 1. The normalized spacial score (nSPS) is 10.8. The van der Waals surface area contributed by atoms with Crippen LogP contribution in [0.5, 0.6) is 11.5 Å². The Morgan fingerprint density at radius 1 is 1.27 bits per heavy atom. The van der Waals surface area contributed by atoms with E-state index in [-0.39, 0.29) is 5.91 Å². The molecular weight excluding hydrogens is 440 g/mol. The van der Waals surface area contributed by atoms with Crippen molar-refractivity contribution in [1.82, 2.24) is 5.43 Å². The van der Waals surface area contributed by atoms with E-state index in [1.165, 1.54) is 11.8 Å². The van der Waals surface area contributed by atoms with Gasteiger partial charge in [-0.3, -0.25) is 4.79 Å². The number of thioether (sulfide) groups is 1. The molecule has 0 atom stereocenters. The molecule has 2 aromatic carbocycles. The number of benzene rings is 2. The number of hydrogen-bond acceptors (Lipinski definition) is 5. The molecule has 5 nitrogen and oxygen atoms in total. The molecule has 0 saturated carbocycles. The molecule has 0 aliphatic carbocycles. The Labute approximate surface area is 170 Å². The van der Waals surface area contributed by atoms with Gasteiger partial charge < -0.3 is 9.47 Å². The highest BCUT2D eigenvalue weighted by molar-refractivity contribution is 9.10. The molecule has 2 rings (SSSR count). The molecule has 1 amide bonds. The van der Waals surface area contributed by atoms with Crippen LogP contribution in [0.2, 0.25) is 5.02 Å². The fourth-order valence-corrected chi connectivity index (χ4v) is 3.59. The standard InChI is InChI=1S/C18H18BrClN2O3S/c1-24-16-8-13(7-15(19)18(16)25-2)9-21-22-17(23)11-26-10-12-3-5-14(20)6-4-12/h3-9H,10-11H2,1-2H3,(H,22,23)/b21-9-. The highest BCUT2D eigenvalue weighted by Crippen LogP contribution is 2.35. The van der Waals surface area contributed by atoms with E-state index in [1.54, 1.807) is 26.5 Å². The van der Waals surface area contributed by atoms with Crippen LogP contribution in [0.15, 0.2) is 46.0 Å². The van der Waals surface area contributed by atoms with Crippen molar-refractivity contribution in [3.8, 4) is 11.5 Å².